The molecule has 1 N–H and O–H groups in total. The van der Waals surface area contributed by atoms with E-state index in [0.717, 1.165) is 11.1 Å². The van der Waals surface area contributed by atoms with E-state index < -0.39 is 0 Å². The molecule has 0 amide bonds. The predicted octanol–water partition coefficient (Wildman–Crippen LogP) is 2.47. The van der Waals surface area contributed by atoms with E-state index in [0.29, 0.717) is 12.9 Å². The van der Waals surface area contributed by atoms with Gasteiger partial charge in [0.2, 0.25) is 0 Å². The fourth-order valence-electron chi connectivity index (χ4n) is 1.68. The highest BCUT2D eigenvalue weighted by Crippen LogP contribution is 2.21. The Hall–Kier alpha value is -2.03. The molecule has 82 valence electrons. The first kappa shape index (κ1) is 10.5. The minimum atomic E-state index is -0.213. The molecule has 2 aromatic rings. The zero-order valence-corrected chi connectivity index (χ0v) is 8.80. The molecule has 0 aliphatic rings. The molecule has 2 rings (SSSR count). The van der Waals surface area contributed by atoms with Gasteiger partial charge in [-0.15, -0.1) is 0 Å². The summed E-state index contributed by atoms with van der Waals surface area (Å²) >= 11 is 0. The molecule has 3 nitrogen and oxygen atoms in total. The molecule has 0 spiro atoms. The molecule has 0 aliphatic heterocycles. The molecule has 0 saturated heterocycles. The lowest BCUT2D eigenvalue weighted by molar-refractivity contribution is -0.133. The van der Waals surface area contributed by atoms with Crippen molar-refractivity contribution in [1.29, 1.82) is 0 Å². The third-order valence-corrected chi connectivity index (χ3v) is 2.47. The Morgan fingerprint density at radius 3 is 2.69 bits per heavy atom. The van der Waals surface area contributed by atoms with E-state index in [1.165, 1.54) is 0 Å². The molecule has 1 aromatic heterocycles. The van der Waals surface area contributed by atoms with Crippen LogP contribution in [0.5, 0.6) is 0 Å². The first-order valence-electron chi connectivity index (χ1n) is 5.16. The number of H-pyrrole nitrogens is 1. The Morgan fingerprint density at radius 1 is 1.25 bits per heavy atom. The van der Waals surface area contributed by atoms with E-state index >= 15 is 0 Å². The number of carbonyl (C=O) groups is 1. The van der Waals surface area contributed by atoms with E-state index in [2.05, 4.69) is 4.98 Å². The number of nitrogens with one attached hydrogen (secondary N) is 1. The second-order valence-electron chi connectivity index (χ2n) is 3.56. The van der Waals surface area contributed by atoms with Gasteiger partial charge in [0, 0.05) is 18.8 Å². The number of aromatic nitrogens is 1. The van der Waals surface area contributed by atoms with Crippen LogP contribution in [0.2, 0.25) is 0 Å². The normalized spacial score (nSPS) is 12.0. The summed E-state index contributed by atoms with van der Waals surface area (Å²) in [7, 11) is 0. The van der Waals surface area contributed by atoms with Gasteiger partial charge < -0.3 is 9.72 Å². The zero-order valence-electron chi connectivity index (χ0n) is 8.80. The van der Waals surface area contributed by atoms with Crippen molar-refractivity contribution in [1.82, 2.24) is 4.98 Å². The first-order valence-corrected chi connectivity index (χ1v) is 5.16. The molecule has 0 saturated carbocycles. The summed E-state index contributed by atoms with van der Waals surface area (Å²) < 4.78 is 5.11. The molecular weight excluding hydrogens is 202 g/mol. The van der Waals surface area contributed by atoms with Crippen LogP contribution in [0, 0.1) is 0 Å². The topological polar surface area (TPSA) is 42.1 Å². The monoisotopic (exact) mass is 215 g/mol. The molecule has 3 heteroatoms. The van der Waals surface area contributed by atoms with Crippen molar-refractivity contribution < 1.29 is 9.53 Å². The van der Waals surface area contributed by atoms with E-state index in [1.54, 1.807) is 0 Å². The van der Waals surface area contributed by atoms with Gasteiger partial charge in [0.05, 0.1) is 0 Å². The molecule has 1 unspecified atom stereocenters. The maximum atomic E-state index is 10.5. The Morgan fingerprint density at radius 2 is 2.06 bits per heavy atom. The highest BCUT2D eigenvalue weighted by Gasteiger charge is 2.12. The fourth-order valence-corrected chi connectivity index (χ4v) is 1.68. The van der Waals surface area contributed by atoms with Gasteiger partial charge in [0.1, 0.15) is 6.10 Å². The van der Waals surface area contributed by atoms with E-state index in [-0.39, 0.29) is 6.10 Å². The van der Waals surface area contributed by atoms with Gasteiger partial charge in [-0.2, -0.15) is 0 Å². The van der Waals surface area contributed by atoms with Crippen molar-refractivity contribution in [3.05, 3.63) is 59.9 Å². The van der Waals surface area contributed by atoms with E-state index in [9.17, 15) is 4.79 Å². The van der Waals surface area contributed by atoms with Crippen molar-refractivity contribution >= 4 is 6.47 Å². The Labute approximate surface area is 94.1 Å². The van der Waals surface area contributed by atoms with Crippen LogP contribution in [-0.2, 0) is 16.0 Å². The van der Waals surface area contributed by atoms with Gasteiger partial charge in [0.15, 0.2) is 0 Å². The van der Waals surface area contributed by atoms with Gasteiger partial charge >= 0.3 is 0 Å². The van der Waals surface area contributed by atoms with Crippen molar-refractivity contribution in [2.24, 2.45) is 0 Å². The number of carbonyl (C=O) groups excluding carboxylic acids is 1. The minimum absolute atomic E-state index is 0.213. The second-order valence-corrected chi connectivity index (χ2v) is 3.56. The fraction of sp³-hybridized carbons (Fsp3) is 0.154. The van der Waals surface area contributed by atoms with Crippen molar-refractivity contribution in [2.45, 2.75) is 12.5 Å². The number of aromatic amines is 1. The summed E-state index contributed by atoms with van der Waals surface area (Å²) in [6.07, 6.45) is 4.24. The first-order chi connectivity index (χ1) is 7.90. The molecule has 0 aliphatic carbocycles. The van der Waals surface area contributed by atoms with E-state index in [4.69, 9.17) is 4.74 Å². The highest BCUT2D eigenvalue weighted by molar-refractivity contribution is 5.39. The lowest BCUT2D eigenvalue weighted by atomic mass is 10.0. The summed E-state index contributed by atoms with van der Waals surface area (Å²) in [6, 6.07) is 11.7. The summed E-state index contributed by atoms with van der Waals surface area (Å²) in [6.45, 7) is 0.504. The number of benzene rings is 1. The van der Waals surface area contributed by atoms with Crippen LogP contribution in [0.4, 0.5) is 0 Å². The largest absolute Gasteiger partial charge is 0.459 e. The molecule has 0 fully saturated rings. The lowest BCUT2D eigenvalue weighted by Gasteiger charge is -2.14. The number of hydrogen-bond acceptors (Lipinski definition) is 2. The van der Waals surface area contributed by atoms with Crippen LogP contribution in [0.1, 0.15) is 17.2 Å². The Balaban J connectivity index is 2.14. The molecule has 0 radical (unpaired) electrons. The quantitative estimate of drug-likeness (QED) is 0.778. The Bertz CT molecular complexity index is 422. The minimum Gasteiger partial charge on any atom is -0.459 e. The smallest absolute Gasteiger partial charge is 0.293 e. The van der Waals surface area contributed by atoms with Crippen LogP contribution in [-0.4, -0.2) is 11.5 Å². The maximum Gasteiger partial charge on any atom is 0.293 e. The highest BCUT2D eigenvalue weighted by atomic mass is 16.5. The molecule has 16 heavy (non-hydrogen) atoms. The summed E-state index contributed by atoms with van der Waals surface area (Å²) in [5.74, 6) is 0. The number of hydrogen-bond donors (Lipinski definition) is 1. The summed E-state index contributed by atoms with van der Waals surface area (Å²) in [4.78, 5) is 13.5. The number of ether oxygens (including phenoxy) is 1. The lowest BCUT2D eigenvalue weighted by Crippen LogP contribution is -2.06. The molecule has 1 aromatic carbocycles. The van der Waals surface area contributed by atoms with Gasteiger partial charge in [0.25, 0.3) is 6.47 Å². The van der Waals surface area contributed by atoms with Crippen LogP contribution >= 0.6 is 0 Å². The van der Waals surface area contributed by atoms with Crippen LogP contribution in [0.25, 0.3) is 0 Å². The standard InChI is InChI=1S/C13H13NO2/c15-10-16-13(8-11-6-7-14-9-11)12-4-2-1-3-5-12/h1-7,9-10,13-14H,8H2. The summed E-state index contributed by atoms with van der Waals surface area (Å²) in [5, 5.41) is 0. The van der Waals surface area contributed by atoms with Crippen LogP contribution in [0.3, 0.4) is 0 Å². The SMILES string of the molecule is O=COC(Cc1cc[nH]c1)c1ccccc1. The predicted molar refractivity (Wildman–Crippen MR) is 60.8 cm³/mol. The van der Waals surface area contributed by atoms with Crippen LogP contribution < -0.4 is 0 Å². The van der Waals surface area contributed by atoms with Crippen LogP contribution in [0.15, 0.2) is 48.8 Å². The molecular formula is C13H13NO2. The van der Waals surface area contributed by atoms with Crippen molar-refractivity contribution in [2.75, 3.05) is 0 Å². The average molecular weight is 215 g/mol. The second kappa shape index (κ2) is 5.16. The van der Waals surface area contributed by atoms with E-state index in [1.807, 2.05) is 48.8 Å². The third kappa shape index (κ3) is 2.51. The maximum absolute atomic E-state index is 10.5. The third-order valence-electron chi connectivity index (χ3n) is 2.47. The molecule has 0 bridgehead atoms. The molecule has 1 heterocycles. The average Bonchev–Trinajstić information content (AvgIpc) is 2.83. The van der Waals surface area contributed by atoms with Gasteiger partial charge in [-0.25, -0.2) is 0 Å². The van der Waals surface area contributed by atoms with Gasteiger partial charge in [-0.3, -0.25) is 4.79 Å². The summed E-state index contributed by atoms with van der Waals surface area (Å²) in [5.41, 5.74) is 2.13. The Kier molecular flexibility index (Phi) is 3.38. The van der Waals surface area contributed by atoms with Crippen molar-refractivity contribution in [3.63, 3.8) is 0 Å². The van der Waals surface area contributed by atoms with Gasteiger partial charge in [-0.05, 0) is 17.2 Å². The van der Waals surface area contributed by atoms with Gasteiger partial charge in [-0.1, -0.05) is 30.3 Å². The van der Waals surface area contributed by atoms with Crippen molar-refractivity contribution in [3.8, 4) is 0 Å². The zero-order chi connectivity index (χ0) is 11.2. The molecule has 1 atom stereocenters. The number of rotatable bonds is 5.